The lowest BCUT2D eigenvalue weighted by Crippen LogP contribution is -2.36. The highest BCUT2D eigenvalue weighted by atomic mass is 15.1. The van der Waals surface area contributed by atoms with Crippen LogP contribution in [0.2, 0.25) is 0 Å². The van der Waals surface area contributed by atoms with E-state index in [4.69, 9.17) is 0 Å². The van der Waals surface area contributed by atoms with E-state index in [9.17, 15) is 0 Å². The summed E-state index contributed by atoms with van der Waals surface area (Å²) in [5, 5.41) is 3.52. The van der Waals surface area contributed by atoms with Crippen LogP contribution in [0.4, 0.5) is 5.69 Å². The third-order valence-electron chi connectivity index (χ3n) is 2.77. The second kappa shape index (κ2) is 6.65. The number of para-hydroxylation sites is 1. The molecule has 0 unspecified atom stereocenters. The van der Waals surface area contributed by atoms with E-state index >= 15 is 0 Å². The quantitative estimate of drug-likeness (QED) is 0.760. The molecule has 0 saturated heterocycles. The third kappa shape index (κ3) is 6.32. The van der Waals surface area contributed by atoms with Crippen LogP contribution in [0, 0.1) is 0 Å². The zero-order valence-electron chi connectivity index (χ0n) is 11.7. The molecule has 0 aliphatic heterocycles. The van der Waals surface area contributed by atoms with Crippen molar-refractivity contribution in [2.24, 2.45) is 0 Å². The summed E-state index contributed by atoms with van der Waals surface area (Å²) in [6, 6.07) is 10.6. The molecule has 0 heterocycles. The molecule has 96 valence electrons. The largest absolute Gasteiger partial charge is 0.375 e. The van der Waals surface area contributed by atoms with Gasteiger partial charge in [0.2, 0.25) is 0 Å². The van der Waals surface area contributed by atoms with Gasteiger partial charge in [0.05, 0.1) is 0 Å². The highest BCUT2D eigenvalue weighted by Crippen LogP contribution is 2.11. The summed E-state index contributed by atoms with van der Waals surface area (Å²) in [5.41, 5.74) is 1.54. The van der Waals surface area contributed by atoms with Crippen LogP contribution in [-0.4, -0.2) is 25.7 Å². The standard InChI is InChI=1S/C15H26N2/c1-15(2,3)16-12-8-9-13-17(4)14-10-6-5-7-11-14/h5-7,10-11,16H,8-9,12-13H2,1-4H3. The minimum atomic E-state index is 0.241. The average Bonchev–Trinajstić information content (AvgIpc) is 2.28. The van der Waals surface area contributed by atoms with Crippen LogP contribution in [0.25, 0.3) is 0 Å². The van der Waals surface area contributed by atoms with Crippen LogP contribution in [-0.2, 0) is 0 Å². The van der Waals surface area contributed by atoms with Gasteiger partial charge in [-0.15, -0.1) is 0 Å². The van der Waals surface area contributed by atoms with Crippen molar-refractivity contribution >= 4 is 5.69 Å². The van der Waals surface area contributed by atoms with E-state index in [0.29, 0.717) is 0 Å². The van der Waals surface area contributed by atoms with Gasteiger partial charge in [0.1, 0.15) is 0 Å². The fourth-order valence-electron chi connectivity index (χ4n) is 1.75. The lowest BCUT2D eigenvalue weighted by atomic mass is 10.1. The van der Waals surface area contributed by atoms with Crippen LogP contribution in [0.1, 0.15) is 33.6 Å². The van der Waals surface area contributed by atoms with Gasteiger partial charge < -0.3 is 10.2 Å². The topological polar surface area (TPSA) is 15.3 Å². The number of unbranched alkanes of at least 4 members (excludes halogenated alkanes) is 1. The Morgan fingerprint density at radius 2 is 1.71 bits per heavy atom. The lowest BCUT2D eigenvalue weighted by Gasteiger charge is -2.22. The molecule has 0 aliphatic carbocycles. The molecule has 0 aliphatic rings. The van der Waals surface area contributed by atoms with Crippen LogP contribution >= 0.6 is 0 Å². The maximum Gasteiger partial charge on any atom is 0.0363 e. The molecule has 1 rings (SSSR count). The normalized spacial score (nSPS) is 11.5. The van der Waals surface area contributed by atoms with Crippen LogP contribution < -0.4 is 10.2 Å². The number of benzene rings is 1. The monoisotopic (exact) mass is 234 g/mol. The molecule has 0 amide bonds. The number of nitrogens with zero attached hydrogens (tertiary/aromatic N) is 1. The van der Waals surface area contributed by atoms with Gasteiger partial charge >= 0.3 is 0 Å². The maximum atomic E-state index is 3.52. The molecule has 0 saturated carbocycles. The Morgan fingerprint density at radius 1 is 1.06 bits per heavy atom. The Morgan fingerprint density at radius 3 is 2.29 bits per heavy atom. The highest BCUT2D eigenvalue weighted by Gasteiger charge is 2.07. The molecule has 1 aromatic carbocycles. The first-order chi connectivity index (χ1) is 7.99. The van der Waals surface area contributed by atoms with Gasteiger partial charge in [-0.25, -0.2) is 0 Å². The smallest absolute Gasteiger partial charge is 0.0363 e. The second-order valence-electron chi connectivity index (χ2n) is 5.64. The van der Waals surface area contributed by atoms with Crippen LogP contribution in [0.15, 0.2) is 30.3 Å². The average molecular weight is 234 g/mol. The minimum Gasteiger partial charge on any atom is -0.375 e. The van der Waals surface area contributed by atoms with Gasteiger partial charge in [-0.05, 0) is 52.3 Å². The van der Waals surface area contributed by atoms with Crippen molar-refractivity contribution in [3.63, 3.8) is 0 Å². The van der Waals surface area contributed by atoms with Crippen LogP contribution in [0.3, 0.4) is 0 Å². The maximum absolute atomic E-state index is 3.52. The van der Waals surface area contributed by atoms with Crippen molar-refractivity contribution in [3.8, 4) is 0 Å². The lowest BCUT2D eigenvalue weighted by molar-refractivity contribution is 0.419. The number of hydrogen-bond donors (Lipinski definition) is 1. The fraction of sp³-hybridized carbons (Fsp3) is 0.600. The fourth-order valence-corrected chi connectivity index (χ4v) is 1.75. The number of hydrogen-bond acceptors (Lipinski definition) is 2. The van der Waals surface area contributed by atoms with E-state index in [1.165, 1.54) is 18.5 Å². The summed E-state index contributed by atoms with van der Waals surface area (Å²) in [6.07, 6.45) is 2.46. The van der Waals surface area contributed by atoms with Crippen molar-refractivity contribution in [1.82, 2.24) is 5.32 Å². The van der Waals surface area contributed by atoms with Gasteiger partial charge in [0.15, 0.2) is 0 Å². The Balaban J connectivity index is 2.15. The Bertz CT molecular complexity index is 300. The van der Waals surface area contributed by atoms with Gasteiger partial charge in [0, 0.05) is 24.8 Å². The van der Waals surface area contributed by atoms with Crippen molar-refractivity contribution in [1.29, 1.82) is 0 Å². The van der Waals surface area contributed by atoms with E-state index in [2.05, 4.69) is 68.4 Å². The molecule has 0 spiro atoms. The summed E-state index contributed by atoms with van der Waals surface area (Å²) in [7, 11) is 2.16. The Kier molecular flexibility index (Phi) is 5.49. The molecule has 0 fully saturated rings. The SMILES string of the molecule is CN(CCCCNC(C)(C)C)c1ccccc1. The third-order valence-corrected chi connectivity index (χ3v) is 2.77. The predicted octanol–water partition coefficient (Wildman–Crippen LogP) is 3.29. The predicted molar refractivity (Wildman–Crippen MR) is 76.7 cm³/mol. The second-order valence-corrected chi connectivity index (χ2v) is 5.64. The van der Waals surface area contributed by atoms with Gasteiger partial charge in [0.25, 0.3) is 0 Å². The molecular weight excluding hydrogens is 208 g/mol. The Hall–Kier alpha value is -1.02. The van der Waals surface area contributed by atoms with Crippen molar-refractivity contribution in [3.05, 3.63) is 30.3 Å². The van der Waals surface area contributed by atoms with Crippen LogP contribution in [0.5, 0.6) is 0 Å². The summed E-state index contributed by atoms with van der Waals surface area (Å²) < 4.78 is 0. The molecule has 0 bridgehead atoms. The summed E-state index contributed by atoms with van der Waals surface area (Å²) in [5.74, 6) is 0. The first-order valence-corrected chi connectivity index (χ1v) is 6.50. The van der Waals surface area contributed by atoms with Gasteiger partial charge in [-0.2, -0.15) is 0 Å². The van der Waals surface area contributed by atoms with Gasteiger partial charge in [-0.3, -0.25) is 0 Å². The summed E-state index contributed by atoms with van der Waals surface area (Å²) >= 11 is 0. The molecule has 1 aromatic rings. The van der Waals surface area contributed by atoms with E-state index in [1.54, 1.807) is 0 Å². The first kappa shape index (κ1) is 14.0. The highest BCUT2D eigenvalue weighted by molar-refractivity contribution is 5.44. The molecule has 17 heavy (non-hydrogen) atoms. The van der Waals surface area contributed by atoms with Crippen molar-refractivity contribution < 1.29 is 0 Å². The number of nitrogens with one attached hydrogen (secondary N) is 1. The molecule has 2 heteroatoms. The van der Waals surface area contributed by atoms with Gasteiger partial charge in [-0.1, -0.05) is 18.2 Å². The summed E-state index contributed by atoms with van der Waals surface area (Å²) in [6.45, 7) is 8.86. The van der Waals surface area contributed by atoms with E-state index in [-0.39, 0.29) is 5.54 Å². The molecule has 0 aromatic heterocycles. The molecular formula is C15H26N2. The minimum absolute atomic E-state index is 0.241. The first-order valence-electron chi connectivity index (χ1n) is 6.50. The number of rotatable bonds is 6. The van der Waals surface area contributed by atoms with E-state index < -0.39 is 0 Å². The number of anilines is 1. The zero-order valence-corrected chi connectivity index (χ0v) is 11.7. The molecule has 0 radical (unpaired) electrons. The zero-order chi connectivity index (χ0) is 12.7. The van der Waals surface area contributed by atoms with E-state index in [1.807, 2.05) is 0 Å². The summed E-state index contributed by atoms with van der Waals surface area (Å²) in [4.78, 5) is 2.32. The van der Waals surface area contributed by atoms with E-state index in [0.717, 1.165) is 13.1 Å². The van der Waals surface area contributed by atoms with Crippen molar-refractivity contribution in [2.45, 2.75) is 39.2 Å². The molecule has 0 atom stereocenters. The van der Waals surface area contributed by atoms with Crippen molar-refractivity contribution in [2.75, 3.05) is 25.0 Å². The molecule has 1 N–H and O–H groups in total. The molecule has 2 nitrogen and oxygen atoms in total. The Labute approximate surface area is 106 Å².